The minimum atomic E-state index is 0.192. The average Bonchev–Trinajstić information content (AvgIpc) is 2.85. The summed E-state index contributed by atoms with van der Waals surface area (Å²) >= 11 is 0. The van der Waals surface area contributed by atoms with Crippen LogP contribution in [0.25, 0.3) is 11.1 Å². The molecule has 1 nitrogen and oxygen atoms in total. The summed E-state index contributed by atoms with van der Waals surface area (Å²) in [7, 11) is 2.21. The lowest BCUT2D eigenvalue weighted by Crippen LogP contribution is -2.25. The van der Waals surface area contributed by atoms with Crippen LogP contribution in [-0.2, 0) is 11.8 Å². The van der Waals surface area contributed by atoms with Gasteiger partial charge in [-0.2, -0.15) is 0 Å². The zero-order chi connectivity index (χ0) is 15.5. The third kappa shape index (κ3) is 1.92. The molecule has 1 heterocycles. The van der Waals surface area contributed by atoms with Gasteiger partial charge in [-0.25, -0.2) is 0 Å². The quantitative estimate of drug-likeness (QED) is 0.666. The van der Waals surface area contributed by atoms with E-state index in [1.54, 1.807) is 5.57 Å². The van der Waals surface area contributed by atoms with Crippen molar-refractivity contribution in [1.29, 1.82) is 0 Å². The summed E-state index contributed by atoms with van der Waals surface area (Å²) in [5.74, 6) is 0. The van der Waals surface area contributed by atoms with Gasteiger partial charge in [-0.15, -0.1) is 0 Å². The summed E-state index contributed by atoms with van der Waals surface area (Å²) in [5, 5.41) is 0. The highest BCUT2D eigenvalue weighted by atomic mass is 15.1. The van der Waals surface area contributed by atoms with E-state index in [4.69, 9.17) is 0 Å². The molecule has 0 unspecified atom stereocenters. The molecule has 0 radical (unpaired) electrons. The molecule has 2 aliphatic rings. The third-order valence-electron chi connectivity index (χ3n) is 5.07. The third-order valence-corrected chi connectivity index (χ3v) is 5.07. The van der Waals surface area contributed by atoms with Gasteiger partial charge in [0.25, 0.3) is 0 Å². The highest BCUT2D eigenvalue weighted by Crippen LogP contribution is 2.46. The molecule has 22 heavy (non-hydrogen) atoms. The van der Waals surface area contributed by atoms with Crippen LogP contribution in [0.15, 0.2) is 42.5 Å². The molecule has 112 valence electrons. The van der Waals surface area contributed by atoms with Crippen molar-refractivity contribution in [3.63, 3.8) is 0 Å². The molecule has 1 aliphatic carbocycles. The zero-order valence-electron chi connectivity index (χ0n) is 13.9. The molecular weight excluding hydrogens is 266 g/mol. The number of nitrogens with zero attached hydrogens (tertiary/aromatic N) is 1. The minimum Gasteiger partial charge on any atom is -0.370 e. The number of fused-ring (bicyclic) bond motifs is 4. The van der Waals surface area contributed by atoms with Gasteiger partial charge in [0.15, 0.2) is 0 Å². The zero-order valence-corrected chi connectivity index (χ0v) is 13.9. The van der Waals surface area contributed by atoms with Crippen LogP contribution in [0.4, 0.5) is 5.69 Å². The summed E-state index contributed by atoms with van der Waals surface area (Å²) in [6, 6.07) is 15.9. The summed E-state index contributed by atoms with van der Waals surface area (Å²) in [5.41, 5.74) is 10.4. The molecule has 0 saturated heterocycles. The fourth-order valence-corrected chi connectivity index (χ4v) is 3.77. The van der Waals surface area contributed by atoms with Gasteiger partial charge in [0, 0.05) is 24.8 Å². The van der Waals surface area contributed by atoms with Crippen molar-refractivity contribution >= 4 is 16.8 Å². The Morgan fingerprint density at radius 1 is 0.909 bits per heavy atom. The standard InChI is InChI=1S/C21H23N/c1-21(2,3)15-9-10-20-18(12-15)17-11-14-7-5-6-8-16(14)19(17)13-22(20)4/h5-10,12H,11,13H2,1-4H3. The van der Waals surface area contributed by atoms with Gasteiger partial charge in [-0.1, -0.05) is 51.1 Å². The van der Waals surface area contributed by atoms with Gasteiger partial charge in [-0.3, -0.25) is 0 Å². The van der Waals surface area contributed by atoms with E-state index in [-0.39, 0.29) is 5.41 Å². The monoisotopic (exact) mass is 289 g/mol. The molecule has 0 fully saturated rings. The Balaban J connectivity index is 1.91. The molecule has 1 aliphatic heterocycles. The molecule has 0 atom stereocenters. The maximum Gasteiger partial charge on any atom is 0.0443 e. The molecule has 0 spiro atoms. The first-order valence-electron chi connectivity index (χ1n) is 8.11. The smallest absolute Gasteiger partial charge is 0.0443 e. The lowest BCUT2D eigenvalue weighted by Gasteiger charge is -2.31. The molecule has 0 amide bonds. The van der Waals surface area contributed by atoms with Crippen LogP contribution in [0.2, 0.25) is 0 Å². The van der Waals surface area contributed by atoms with E-state index < -0.39 is 0 Å². The van der Waals surface area contributed by atoms with Crippen LogP contribution in [-0.4, -0.2) is 13.6 Å². The van der Waals surface area contributed by atoms with E-state index in [2.05, 4.69) is 75.2 Å². The Morgan fingerprint density at radius 3 is 2.45 bits per heavy atom. The Bertz CT molecular complexity index is 790. The van der Waals surface area contributed by atoms with Crippen molar-refractivity contribution in [2.24, 2.45) is 0 Å². The first-order chi connectivity index (χ1) is 10.4. The lowest BCUT2D eigenvalue weighted by atomic mass is 9.83. The number of allylic oxidation sites excluding steroid dienone is 1. The number of likely N-dealkylation sites (N-methyl/N-ethyl adjacent to an activating group) is 1. The summed E-state index contributed by atoms with van der Waals surface area (Å²) in [6.45, 7) is 7.90. The molecule has 2 aromatic rings. The maximum atomic E-state index is 2.42. The fraction of sp³-hybridized carbons (Fsp3) is 0.333. The highest BCUT2D eigenvalue weighted by molar-refractivity contribution is 6.03. The van der Waals surface area contributed by atoms with E-state index in [9.17, 15) is 0 Å². The van der Waals surface area contributed by atoms with Crippen LogP contribution < -0.4 is 4.90 Å². The molecule has 2 aromatic carbocycles. The number of benzene rings is 2. The second-order valence-corrected chi connectivity index (χ2v) is 7.63. The van der Waals surface area contributed by atoms with Crippen LogP contribution in [0.3, 0.4) is 0 Å². The molecule has 0 aromatic heterocycles. The van der Waals surface area contributed by atoms with Gasteiger partial charge in [0.1, 0.15) is 0 Å². The Hall–Kier alpha value is -2.02. The molecular formula is C21H23N. The summed E-state index contributed by atoms with van der Waals surface area (Å²) < 4.78 is 0. The SMILES string of the molecule is CN1CC2=C(Cc3ccccc32)c2cc(C(C)(C)C)ccc21. The van der Waals surface area contributed by atoms with Gasteiger partial charge in [-0.05, 0) is 51.8 Å². The van der Waals surface area contributed by atoms with E-state index in [0.29, 0.717) is 0 Å². The first kappa shape index (κ1) is 13.6. The second kappa shape index (κ2) is 4.49. The molecule has 0 saturated carbocycles. The van der Waals surface area contributed by atoms with Crippen molar-refractivity contribution < 1.29 is 0 Å². The largest absolute Gasteiger partial charge is 0.370 e. The van der Waals surface area contributed by atoms with E-state index >= 15 is 0 Å². The van der Waals surface area contributed by atoms with Crippen LogP contribution in [0.5, 0.6) is 0 Å². The Morgan fingerprint density at radius 2 is 1.68 bits per heavy atom. The number of rotatable bonds is 0. The van der Waals surface area contributed by atoms with Crippen molar-refractivity contribution in [2.45, 2.75) is 32.6 Å². The number of hydrogen-bond acceptors (Lipinski definition) is 1. The van der Waals surface area contributed by atoms with E-state index in [1.807, 2.05) is 0 Å². The molecule has 4 rings (SSSR count). The van der Waals surface area contributed by atoms with Gasteiger partial charge in [0.05, 0.1) is 0 Å². The van der Waals surface area contributed by atoms with Crippen LogP contribution >= 0.6 is 0 Å². The van der Waals surface area contributed by atoms with E-state index in [1.165, 1.54) is 33.5 Å². The highest BCUT2D eigenvalue weighted by Gasteiger charge is 2.30. The van der Waals surface area contributed by atoms with Crippen LogP contribution in [0.1, 0.15) is 43.0 Å². The van der Waals surface area contributed by atoms with Crippen LogP contribution in [0, 0.1) is 0 Å². The number of hydrogen-bond donors (Lipinski definition) is 0. The summed E-state index contributed by atoms with van der Waals surface area (Å²) in [4.78, 5) is 2.39. The average molecular weight is 289 g/mol. The van der Waals surface area contributed by atoms with Crippen molar-refractivity contribution in [3.8, 4) is 0 Å². The second-order valence-electron chi connectivity index (χ2n) is 7.63. The molecule has 0 N–H and O–H groups in total. The van der Waals surface area contributed by atoms with E-state index in [0.717, 1.165) is 13.0 Å². The minimum absolute atomic E-state index is 0.192. The Labute approximate surface area is 133 Å². The fourth-order valence-electron chi connectivity index (χ4n) is 3.77. The van der Waals surface area contributed by atoms with Crippen molar-refractivity contribution in [1.82, 2.24) is 0 Å². The first-order valence-corrected chi connectivity index (χ1v) is 8.11. The molecule has 1 heteroatoms. The topological polar surface area (TPSA) is 3.24 Å². The lowest BCUT2D eigenvalue weighted by molar-refractivity contribution is 0.590. The summed E-state index contributed by atoms with van der Waals surface area (Å²) in [6.07, 6.45) is 1.08. The normalized spacial score (nSPS) is 16.5. The van der Waals surface area contributed by atoms with Gasteiger partial charge >= 0.3 is 0 Å². The van der Waals surface area contributed by atoms with Gasteiger partial charge in [0.2, 0.25) is 0 Å². The molecule has 0 bridgehead atoms. The Kier molecular flexibility index (Phi) is 2.78. The van der Waals surface area contributed by atoms with Gasteiger partial charge < -0.3 is 4.90 Å². The predicted octanol–water partition coefficient (Wildman–Crippen LogP) is 4.90. The van der Waals surface area contributed by atoms with Crippen molar-refractivity contribution in [3.05, 3.63) is 64.7 Å². The predicted molar refractivity (Wildman–Crippen MR) is 95.4 cm³/mol. The maximum absolute atomic E-state index is 2.42. The number of anilines is 1. The van der Waals surface area contributed by atoms with Crippen molar-refractivity contribution in [2.75, 3.05) is 18.5 Å².